The highest BCUT2D eigenvalue weighted by molar-refractivity contribution is 5.80. The fourth-order valence-corrected chi connectivity index (χ4v) is 3.94. The molecule has 4 aromatic rings. The lowest BCUT2D eigenvalue weighted by Crippen LogP contribution is -2.03. The van der Waals surface area contributed by atoms with Crippen LogP contribution in [-0.4, -0.2) is 21.6 Å². The van der Waals surface area contributed by atoms with Crippen LogP contribution in [0.25, 0.3) is 22.5 Å². The molecule has 0 aliphatic carbocycles. The summed E-state index contributed by atoms with van der Waals surface area (Å²) in [7, 11) is 0. The van der Waals surface area contributed by atoms with Crippen molar-refractivity contribution in [2.75, 3.05) is 6.61 Å². The molecule has 0 saturated carbocycles. The Labute approximate surface area is 208 Å². The molecule has 0 radical (unpaired) electrons. The maximum absolute atomic E-state index is 6.06. The summed E-state index contributed by atoms with van der Waals surface area (Å²) in [5, 5.41) is 0. The second kappa shape index (κ2) is 13.2. The van der Waals surface area contributed by atoms with Gasteiger partial charge in [-0.2, -0.15) is 0 Å². The van der Waals surface area contributed by atoms with Crippen molar-refractivity contribution in [2.45, 2.75) is 52.1 Å². The number of ether oxygens (including phenoxy) is 2. The number of nitrogens with zero attached hydrogens (tertiary/aromatic N) is 3. The molecule has 2 heterocycles. The third-order valence-electron chi connectivity index (χ3n) is 5.84. The van der Waals surface area contributed by atoms with Crippen LogP contribution in [0.1, 0.15) is 51.0 Å². The lowest BCUT2D eigenvalue weighted by molar-refractivity contribution is 0.293. The lowest BCUT2D eigenvalue weighted by Gasteiger charge is -2.13. The molecule has 0 aliphatic rings. The average molecular weight is 468 g/mol. The molecule has 35 heavy (non-hydrogen) atoms. The first-order chi connectivity index (χ1) is 17.3. The van der Waals surface area contributed by atoms with Gasteiger partial charge in [-0.1, -0.05) is 69.4 Å². The number of hydrogen-bond donors (Lipinski definition) is 0. The number of unbranched alkanes of at least 4 members (excludes halogenated alkanes) is 5. The molecule has 0 amide bonds. The number of pyridine rings is 1. The van der Waals surface area contributed by atoms with Gasteiger partial charge in [-0.05, 0) is 48.4 Å². The molecule has 0 spiro atoms. The monoisotopic (exact) mass is 467 g/mol. The zero-order valence-corrected chi connectivity index (χ0v) is 20.4. The Morgan fingerprint density at radius 2 is 1.37 bits per heavy atom. The summed E-state index contributed by atoms with van der Waals surface area (Å²) in [6, 6.07) is 22.1. The Hall–Kier alpha value is -3.73. The first-order valence-electron chi connectivity index (χ1n) is 12.5. The molecule has 0 bridgehead atoms. The molecule has 2 aromatic heterocycles. The largest absolute Gasteiger partial charge is 0.489 e. The minimum Gasteiger partial charge on any atom is -0.489 e. The Kier molecular flexibility index (Phi) is 9.22. The highest BCUT2D eigenvalue weighted by Crippen LogP contribution is 2.34. The van der Waals surface area contributed by atoms with E-state index in [0.29, 0.717) is 24.8 Å². The van der Waals surface area contributed by atoms with Crippen LogP contribution in [0.2, 0.25) is 0 Å². The van der Waals surface area contributed by atoms with E-state index in [2.05, 4.69) is 34.0 Å². The van der Waals surface area contributed by atoms with Crippen LogP contribution in [0.4, 0.5) is 0 Å². The Bertz CT molecular complexity index is 1160. The third-order valence-corrected chi connectivity index (χ3v) is 5.84. The fraction of sp³-hybridized carbons (Fsp3) is 0.300. The topological polar surface area (TPSA) is 57.1 Å². The van der Waals surface area contributed by atoms with Crippen LogP contribution in [0.3, 0.4) is 0 Å². The van der Waals surface area contributed by atoms with Crippen molar-refractivity contribution in [3.8, 4) is 34.1 Å². The van der Waals surface area contributed by atoms with E-state index in [-0.39, 0.29) is 0 Å². The summed E-state index contributed by atoms with van der Waals surface area (Å²) in [6.07, 6.45) is 12.5. The molecule has 5 nitrogen and oxygen atoms in total. The molecule has 180 valence electrons. The molecule has 0 N–H and O–H groups in total. The van der Waals surface area contributed by atoms with Gasteiger partial charge in [0.05, 0.1) is 12.3 Å². The molecule has 0 atom stereocenters. The molecule has 0 saturated heterocycles. The standard InChI is InChI=1S/C30H33N3O2/c1-2-3-4-5-6-10-22-34-30-29(32-20-21-33-30)27-14-11-19-31-28(27)25-15-17-26(18-16-25)35-23-24-12-8-7-9-13-24/h7-9,11-21H,2-6,10,22-23H2,1H3. The number of aromatic nitrogens is 3. The van der Waals surface area contributed by atoms with Gasteiger partial charge in [0, 0.05) is 29.7 Å². The van der Waals surface area contributed by atoms with Crippen LogP contribution in [0.5, 0.6) is 11.6 Å². The lowest BCUT2D eigenvalue weighted by atomic mass is 10.0. The minimum absolute atomic E-state index is 0.536. The smallest absolute Gasteiger partial charge is 0.240 e. The number of rotatable bonds is 13. The van der Waals surface area contributed by atoms with Crippen molar-refractivity contribution in [3.05, 3.63) is 90.9 Å². The second-order valence-electron chi connectivity index (χ2n) is 8.52. The van der Waals surface area contributed by atoms with E-state index in [9.17, 15) is 0 Å². The predicted octanol–water partition coefficient (Wildman–Crippen LogP) is 7.52. The highest BCUT2D eigenvalue weighted by atomic mass is 16.5. The summed E-state index contributed by atoms with van der Waals surface area (Å²) in [5.74, 6) is 1.37. The van der Waals surface area contributed by atoms with Gasteiger partial charge >= 0.3 is 0 Å². The summed E-state index contributed by atoms with van der Waals surface area (Å²) >= 11 is 0. The van der Waals surface area contributed by atoms with Crippen LogP contribution >= 0.6 is 0 Å². The van der Waals surface area contributed by atoms with Crippen molar-refractivity contribution in [3.63, 3.8) is 0 Å². The Morgan fingerprint density at radius 3 is 2.20 bits per heavy atom. The van der Waals surface area contributed by atoms with Crippen LogP contribution in [0.15, 0.2) is 85.3 Å². The molecule has 0 fully saturated rings. The summed E-state index contributed by atoms with van der Waals surface area (Å²) in [5.41, 5.74) is 4.58. The van der Waals surface area contributed by atoms with Gasteiger partial charge in [-0.3, -0.25) is 4.98 Å². The summed E-state index contributed by atoms with van der Waals surface area (Å²) in [4.78, 5) is 13.7. The van der Waals surface area contributed by atoms with Gasteiger partial charge in [0.15, 0.2) is 0 Å². The molecule has 2 aromatic carbocycles. The van der Waals surface area contributed by atoms with E-state index in [4.69, 9.17) is 9.47 Å². The third kappa shape index (κ3) is 7.12. The first kappa shape index (κ1) is 24.4. The van der Waals surface area contributed by atoms with Crippen molar-refractivity contribution < 1.29 is 9.47 Å². The molecule has 0 unspecified atom stereocenters. The quantitative estimate of drug-likeness (QED) is 0.190. The van der Waals surface area contributed by atoms with E-state index in [1.54, 1.807) is 18.6 Å². The predicted molar refractivity (Wildman–Crippen MR) is 140 cm³/mol. The van der Waals surface area contributed by atoms with Crippen LogP contribution in [-0.2, 0) is 6.61 Å². The minimum atomic E-state index is 0.536. The molecule has 0 aliphatic heterocycles. The molecule has 5 heteroatoms. The van der Waals surface area contributed by atoms with Gasteiger partial charge in [0.2, 0.25) is 5.88 Å². The summed E-state index contributed by atoms with van der Waals surface area (Å²) < 4.78 is 12.0. The Morgan fingerprint density at radius 1 is 0.629 bits per heavy atom. The maximum Gasteiger partial charge on any atom is 0.240 e. The Balaban J connectivity index is 1.45. The van der Waals surface area contributed by atoms with Gasteiger partial charge in [-0.25, -0.2) is 9.97 Å². The second-order valence-corrected chi connectivity index (χ2v) is 8.52. The molecular weight excluding hydrogens is 434 g/mol. The van der Waals surface area contributed by atoms with E-state index in [0.717, 1.165) is 34.6 Å². The van der Waals surface area contributed by atoms with E-state index >= 15 is 0 Å². The SMILES string of the molecule is CCCCCCCCOc1nccnc1-c1cccnc1-c1ccc(OCc2ccccc2)cc1. The van der Waals surface area contributed by atoms with E-state index in [1.165, 1.54) is 32.1 Å². The van der Waals surface area contributed by atoms with Crippen molar-refractivity contribution in [2.24, 2.45) is 0 Å². The van der Waals surface area contributed by atoms with Crippen LogP contribution in [0, 0.1) is 0 Å². The fourth-order valence-electron chi connectivity index (χ4n) is 3.94. The van der Waals surface area contributed by atoms with Crippen molar-refractivity contribution >= 4 is 0 Å². The van der Waals surface area contributed by atoms with Gasteiger partial charge in [0.1, 0.15) is 18.1 Å². The number of hydrogen-bond acceptors (Lipinski definition) is 5. The van der Waals surface area contributed by atoms with Gasteiger partial charge < -0.3 is 9.47 Å². The van der Waals surface area contributed by atoms with Crippen molar-refractivity contribution in [1.82, 2.24) is 15.0 Å². The average Bonchev–Trinajstić information content (AvgIpc) is 2.92. The normalized spacial score (nSPS) is 10.8. The van der Waals surface area contributed by atoms with E-state index in [1.807, 2.05) is 54.6 Å². The highest BCUT2D eigenvalue weighted by Gasteiger charge is 2.15. The van der Waals surface area contributed by atoms with Gasteiger partial charge in [-0.15, -0.1) is 0 Å². The maximum atomic E-state index is 6.06. The zero-order valence-electron chi connectivity index (χ0n) is 20.4. The zero-order chi connectivity index (χ0) is 24.1. The van der Waals surface area contributed by atoms with Gasteiger partial charge in [0.25, 0.3) is 0 Å². The van der Waals surface area contributed by atoms with Crippen LogP contribution < -0.4 is 9.47 Å². The van der Waals surface area contributed by atoms with Crippen molar-refractivity contribution in [1.29, 1.82) is 0 Å². The first-order valence-corrected chi connectivity index (χ1v) is 12.5. The number of benzene rings is 2. The molecule has 4 rings (SSSR count). The summed E-state index contributed by atoms with van der Waals surface area (Å²) in [6.45, 7) is 3.41. The molecular formula is C30H33N3O2. The van der Waals surface area contributed by atoms with E-state index < -0.39 is 0 Å².